The lowest BCUT2D eigenvalue weighted by Crippen LogP contribution is -2.31. The summed E-state index contributed by atoms with van der Waals surface area (Å²) in [5, 5.41) is 17.8. The molecule has 2 N–H and O–H groups in total. The second kappa shape index (κ2) is 6.68. The van der Waals surface area contributed by atoms with Gasteiger partial charge >= 0.3 is 0 Å². The maximum absolute atomic E-state index is 13.4. The lowest BCUT2D eigenvalue weighted by Gasteiger charge is -2.13. The van der Waals surface area contributed by atoms with Crippen LogP contribution in [0.4, 0.5) is 4.39 Å². The van der Waals surface area contributed by atoms with E-state index in [1.807, 2.05) is 0 Å². The minimum absolute atomic E-state index is 0.207. The lowest BCUT2D eigenvalue weighted by molar-refractivity contribution is -0.000966. The molecule has 1 fully saturated rings. The van der Waals surface area contributed by atoms with E-state index >= 15 is 0 Å². The summed E-state index contributed by atoms with van der Waals surface area (Å²) in [6, 6.07) is 0. The van der Waals surface area contributed by atoms with Crippen LogP contribution in [0, 0.1) is 0 Å². The normalized spacial score (nSPS) is 36.0. The predicted octanol–water partition coefficient (Wildman–Crippen LogP) is 1.33. The van der Waals surface area contributed by atoms with Crippen molar-refractivity contribution in [3.8, 4) is 0 Å². The molecule has 1 saturated heterocycles. The Bertz CT molecular complexity index is 182. The number of unbranched alkanes of at least 4 members (excludes halogenated alkanes) is 2. The van der Waals surface area contributed by atoms with Gasteiger partial charge in [-0.15, -0.1) is 11.8 Å². The van der Waals surface area contributed by atoms with Crippen LogP contribution < -0.4 is 0 Å². The average molecular weight is 238 g/mol. The molecule has 0 amide bonds. The van der Waals surface area contributed by atoms with E-state index in [1.165, 1.54) is 11.8 Å². The lowest BCUT2D eigenvalue weighted by atomic mass is 10.2. The Kier molecular flexibility index (Phi) is 5.89. The summed E-state index contributed by atoms with van der Waals surface area (Å²) in [5.41, 5.74) is -0.617. The van der Waals surface area contributed by atoms with Crippen molar-refractivity contribution in [2.75, 3.05) is 13.2 Å². The summed E-state index contributed by atoms with van der Waals surface area (Å²) >= 11 is 1.19. The Hall–Kier alpha value is 0.160. The van der Waals surface area contributed by atoms with Crippen LogP contribution in [-0.2, 0) is 4.74 Å². The summed E-state index contributed by atoms with van der Waals surface area (Å²) in [6.45, 7) is 2.41. The number of thioether (sulfide) groups is 1. The third-order valence-corrected chi connectivity index (χ3v) is 3.93. The minimum atomic E-state index is -1.38. The zero-order chi connectivity index (χ0) is 11.3. The van der Waals surface area contributed by atoms with Gasteiger partial charge in [-0.2, -0.15) is 0 Å². The van der Waals surface area contributed by atoms with E-state index in [1.54, 1.807) is 0 Å². The summed E-state index contributed by atoms with van der Waals surface area (Å²) < 4.78 is 18.8. The molecule has 0 aromatic rings. The van der Waals surface area contributed by atoms with Crippen LogP contribution in [0.1, 0.15) is 26.2 Å². The maximum atomic E-state index is 13.4. The van der Waals surface area contributed by atoms with Gasteiger partial charge in [0.25, 0.3) is 0 Å². The topological polar surface area (TPSA) is 49.7 Å². The third-order valence-electron chi connectivity index (χ3n) is 2.49. The van der Waals surface area contributed by atoms with Crippen LogP contribution in [0.2, 0.25) is 0 Å². The smallest absolute Gasteiger partial charge is 0.162 e. The monoisotopic (exact) mass is 238 g/mol. The fourth-order valence-corrected chi connectivity index (χ4v) is 2.76. The molecule has 1 aliphatic rings. The largest absolute Gasteiger partial charge is 0.395 e. The molecule has 0 unspecified atom stereocenters. The molecule has 90 valence electrons. The highest BCUT2D eigenvalue weighted by molar-refractivity contribution is 8.00. The molecule has 0 radical (unpaired) electrons. The molecular weight excluding hydrogens is 219 g/mol. The van der Waals surface area contributed by atoms with Crippen molar-refractivity contribution < 1.29 is 19.3 Å². The Morgan fingerprint density at radius 1 is 1.40 bits per heavy atom. The van der Waals surface area contributed by atoms with Gasteiger partial charge in [0.15, 0.2) is 6.17 Å². The van der Waals surface area contributed by atoms with Crippen molar-refractivity contribution in [3.63, 3.8) is 0 Å². The van der Waals surface area contributed by atoms with Gasteiger partial charge in [-0.1, -0.05) is 19.8 Å². The number of rotatable bonds is 6. The van der Waals surface area contributed by atoms with E-state index in [0.717, 1.165) is 19.3 Å². The van der Waals surface area contributed by atoms with Crippen LogP contribution in [-0.4, -0.2) is 46.4 Å². The fourth-order valence-electron chi connectivity index (χ4n) is 1.53. The number of halogens is 1. The van der Waals surface area contributed by atoms with Crippen molar-refractivity contribution in [3.05, 3.63) is 0 Å². The van der Waals surface area contributed by atoms with E-state index in [-0.39, 0.29) is 6.61 Å². The SMILES string of the molecule is CCCCCO[C@@H]1S[C@H](CO)[C@@H](O)[C@@H]1F. The Morgan fingerprint density at radius 2 is 2.13 bits per heavy atom. The van der Waals surface area contributed by atoms with Crippen molar-refractivity contribution in [2.45, 2.75) is 49.1 Å². The molecule has 0 spiro atoms. The first-order chi connectivity index (χ1) is 7.20. The third kappa shape index (κ3) is 3.59. The molecule has 1 aliphatic heterocycles. The molecule has 5 heteroatoms. The number of ether oxygens (including phenoxy) is 1. The van der Waals surface area contributed by atoms with Crippen LogP contribution in [0.5, 0.6) is 0 Å². The van der Waals surface area contributed by atoms with Gasteiger partial charge in [0, 0.05) is 6.61 Å². The molecule has 1 heterocycles. The van der Waals surface area contributed by atoms with Crippen LogP contribution in [0.25, 0.3) is 0 Å². The highest BCUT2D eigenvalue weighted by Crippen LogP contribution is 2.36. The van der Waals surface area contributed by atoms with Crippen LogP contribution >= 0.6 is 11.8 Å². The standard InChI is InChI=1S/C10H19FO3S/c1-2-3-4-5-14-10-8(11)9(13)7(6-12)15-10/h7-10,12-13H,2-6H2,1H3/t7-,8+,9-,10-/m1/s1. The van der Waals surface area contributed by atoms with E-state index in [0.29, 0.717) is 6.61 Å². The van der Waals surface area contributed by atoms with Crippen molar-refractivity contribution in [1.29, 1.82) is 0 Å². The Balaban J connectivity index is 2.25. The molecule has 0 aromatic heterocycles. The van der Waals surface area contributed by atoms with E-state index in [2.05, 4.69) is 6.92 Å². The number of alkyl halides is 1. The van der Waals surface area contributed by atoms with Gasteiger partial charge in [-0.25, -0.2) is 4.39 Å². The molecule has 0 aliphatic carbocycles. The summed E-state index contributed by atoms with van der Waals surface area (Å²) in [5.74, 6) is 0. The van der Waals surface area contributed by atoms with Gasteiger partial charge in [0.2, 0.25) is 0 Å². The number of aliphatic hydroxyl groups excluding tert-OH is 2. The first-order valence-electron chi connectivity index (χ1n) is 5.40. The number of hydrogen-bond donors (Lipinski definition) is 2. The second-order valence-corrected chi connectivity index (χ2v) is 5.08. The molecule has 0 bridgehead atoms. The highest BCUT2D eigenvalue weighted by atomic mass is 32.2. The molecule has 4 atom stereocenters. The van der Waals surface area contributed by atoms with Gasteiger partial charge in [0.1, 0.15) is 11.5 Å². The molecule has 0 saturated carbocycles. The van der Waals surface area contributed by atoms with Crippen molar-refractivity contribution in [1.82, 2.24) is 0 Å². The van der Waals surface area contributed by atoms with E-state index in [9.17, 15) is 9.50 Å². The number of hydrogen-bond acceptors (Lipinski definition) is 4. The van der Waals surface area contributed by atoms with Crippen molar-refractivity contribution >= 4 is 11.8 Å². The Labute approximate surface area is 94.0 Å². The van der Waals surface area contributed by atoms with Gasteiger partial charge < -0.3 is 14.9 Å². The van der Waals surface area contributed by atoms with E-state index in [4.69, 9.17) is 9.84 Å². The summed E-state index contributed by atoms with van der Waals surface area (Å²) in [7, 11) is 0. The summed E-state index contributed by atoms with van der Waals surface area (Å²) in [6.07, 6.45) is 0.604. The summed E-state index contributed by atoms with van der Waals surface area (Å²) in [4.78, 5) is 0. The molecule has 0 aromatic carbocycles. The van der Waals surface area contributed by atoms with Crippen LogP contribution in [0.15, 0.2) is 0 Å². The minimum Gasteiger partial charge on any atom is -0.395 e. The number of aliphatic hydroxyl groups is 2. The van der Waals surface area contributed by atoms with Crippen LogP contribution in [0.3, 0.4) is 0 Å². The predicted molar refractivity (Wildman–Crippen MR) is 58.6 cm³/mol. The molecule has 3 nitrogen and oxygen atoms in total. The zero-order valence-corrected chi connectivity index (χ0v) is 9.75. The maximum Gasteiger partial charge on any atom is 0.162 e. The second-order valence-electron chi connectivity index (χ2n) is 3.74. The zero-order valence-electron chi connectivity index (χ0n) is 8.93. The highest BCUT2D eigenvalue weighted by Gasteiger charge is 2.43. The van der Waals surface area contributed by atoms with Gasteiger partial charge in [-0.3, -0.25) is 0 Å². The van der Waals surface area contributed by atoms with Gasteiger partial charge in [0.05, 0.1) is 11.9 Å². The first kappa shape index (κ1) is 13.2. The first-order valence-corrected chi connectivity index (χ1v) is 6.35. The fraction of sp³-hybridized carbons (Fsp3) is 1.00. The molecule has 1 rings (SSSR count). The molecular formula is C10H19FO3S. The average Bonchev–Trinajstić information content (AvgIpc) is 2.52. The van der Waals surface area contributed by atoms with E-state index < -0.39 is 23.0 Å². The molecule has 15 heavy (non-hydrogen) atoms. The van der Waals surface area contributed by atoms with Gasteiger partial charge in [-0.05, 0) is 6.42 Å². The van der Waals surface area contributed by atoms with Crippen molar-refractivity contribution in [2.24, 2.45) is 0 Å². The Morgan fingerprint density at radius 3 is 2.67 bits per heavy atom. The quantitative estimate of drug-likeness (QED) is 0.685.